The van der Waals surface area contributed by atoms with Crippen LogP contribution in [-0.2, 0) is 0 Å². The zero-order valence-electron chi connectivity index (χ0n) is 20.6. The van der Waals surface area contributed by atoms with E-state index in [1.54, 1.807) is 12.4 Å². The van der Waals surface area contributed by atoms with Crippen molar-refractivity contribution in [2.24, 2.45) is 5.92 Å². The molecule has 1 aromatic heterocycles. The SMILES string of the molecule is Cc1cc(OCCCC2CCN(c3ncc(Cl)cn3)CC2)cc(C)c1C(=O)NC1CNC(CO)C1. The van der Waals surface area contributed by atoms with Gasteiger partial charge in [0.2, 0.25) is 5.95 Å². The topological polar surface area (TPSA) is 99.6 Å². The fourth-order valence-electron chi connectivity index (χ4n) is 5.14. The standard InChI is InChI=1S/C26H36ClN5O3/c1-17-10-23(11-18(2)24(17)25(34)31-21-12-22(16-33)28-15-21)35-9-3-4-19-5-7-32(8-6-19)26-29-13-20(27)14-30-26/h10-11,13-14,19,21-22,28,33H,3-9,12,15-16H2,1-2H3,(H,31,34). The molecular weight excluding hydrogens is 466 g/mol. The largest absolute Gasteiger partial charge is 0.494 e. The first kappa shape index (κ1) is 25.7. The summed E-state index contributed by atoms with van der Waals surface area (Å²) >= 11 is 5.89. The van der Waals surface area contributed by atoms with E-state index in [0.717, 1.165) is 68.0 Å². The second-order valence-electron chi connectivity index (χ2n) is 9.75. The monoisotopic (exact) mass is 501 g/mol. The highest BCUT2D eigenvalue weighted by Gasteiger charge is 2.26. The lowest BCUT2D eigenvalue weighted by Gasteiger charge is -2.32. The molecule has 2 saturated heterocycles. The van der Waals surface area contributed by atoms with E-state index < -0.39 is 0 Å². The average molecular weight is 502 g/mol. The minimum absolute atomic E-state index is 0.0416. The van der Waals surface area contributed by atoms with Gasteiger partial charge in [-0.15, -0.1) is 0 Å². The summed E-state index contributed by atoms with van der Waals surface area (Å²) in [4.78, 5) is 23.7. The van der Waals surface area contributed by atoms with Gasteiger partial charge in [-0.25, -0.2) is 9.97 Å². The molecule has 0 bridgehead atoms. The Morgan fingerprint density at radius 2 is 1.91 bits per heavy atom. The van der Waals surface area contributed by atoms with Crippen LogP contribution in [0.1, 0.15) is 53.6 Å². The number of nitrogens with zero attached hydrogens (tertiary/aromatic N) is 3. The van der Waals surface area contributed by atoms with E-state index in [9.17, 15) is 9.90 Å². The fraction of sp³-hybridized carbons (Fsp3) is 0.577. The molecule has 1 aromatic carbocycles. The van der Waals surface area contributed by atoms with Crippen molar-refractivity contribution in [3.05, 3.63) is 46.2 Å². The van der Waals surface area contributed by atoms with Crippen LogP contribution in [-0.4, -0.2) is 65.9 Å². The number of aliphatic hydroxyl groups excluding tert-OH is 1. The summed E-state index contributed by atoms with van der Waals surface area (Å²) in [5.74, 6) is 2.20. The van der Waals surface area contributed by atoms with Gasteiger partial charge in [0.1, 0.15) is 5.75 Å². The molecule has 2 atom stereocenters. The molecule has 2 fully saturated rings. The van der Waals surface area contributed by atoms with Crippen LogP contribution in [0, 0.1) is 19.8 Å². The van der Waals surface area contributed by atoms with Crippen molar-refractivity contribution < 1.29 is 14.6 Å². The summed E-state index contributed by atoms with van der Waals surface area (Å²) in [5, 5.41) is 16.2. The Hall–Kier alpha value is -2.42. The molecule has 8 nitrogen and oxygen atoms in total. The predicted molar refractivity (Wildman–Crippen MR) is 137 cm³/mol. The number of aromatic nitrogens is 2. The van der Waals surface area contributed by atoms with Crippen LogP contribution in [0.15, 0.2) is 24.5 Å². The highest BCUT2D eigenvalue weighted by Crippen LogP contribution is 2.26. The minimum Gasteiger partial charge on any atom is -0.494 e. The summed E-state index contributed by atoms with van der Waals surface area (Å²) in [6.07, 6.45) is 8.44. The molecule has 3 N–H and O–H groups in total. The van der Waals surface area contributed by atoms with E-state index in [4.69, 9.17) is 16.3 Å². The Morgan fingerprint density at radius 3 is 2.54 bits per heavy atom. The van der Waals surface area contributed by atoms with Gasteiger partial charge in [-0.2, -0.15) is 0 Å². The van der Waals surface area contributed by atoms with Gasteiger partial charge in [-0.3, -0.25) is 4.79 Å². The average Bonchev–Trinajstić information content (AvgIpc) is 3.30. The molecule has 9 heteroatoms. The second kappa shape index (κ2) is 12.0. The number of aliphatic hydroxyl groups is 1. The van der Waals surface area contributed by atoms with E-state index in [0.29, 0.717) is 29.7 Å². The molecule has 0 radical (unpaired) electrons. The summed E-state index contributed by atoms with van der Waals surface area (Å²) < 4.78 is 6.04. The summed E-state index contributed by atoms with van der Waals surface area (Å²) in [5.41, 5.74) is 2.54. The summed E-state index contributed by atoms with van der Waals surface area (Å²) in [6.45, 7) is 7.28. The highest BCUT2D eigenvalue weighted by molar-refractivity contribution is 6.30. The molecular formula is C26H36ClN5O3. The lowest BCUT2D eigenvalue weighted by molar-refractivity contribution is 0.0937. The van der Waals surface area contributed by atoms with Gasteiger partial charge in [0, 0.05) is 37.3 Å². The molecule has 190 valence electrons. The van der Waals surface area contributed by atoms with E-state index >= 15 is 0 Å². The Bertz CT molecular complexity index is 972. The predicted octanol–water partition coefficient (Wildman–Crippen LogP) is 3.28. The zero-order chi connectivity index (χ0) is 24.8. The molecule has 1 amide bonds. The number of nitrogens with one attached hydrogen (secondary N) is 2. The number of amides is 1. The minimum atomic E-state index is -0.0627. The number of aryl methyl sites for hydroxylation is 2. The Labute approximate surface area is 212 Å². The van der Waals surface area contributed by atoms with E-state index in [2.05, 4.69) is 25.5 Å². The number of piperidine rings is 1. The van der Waals surface area contributed by atoms with Gasteiger partial charge >= 0.3 is 0 Å². The quantitative estimate of drug-likeness (QED) is 0.453. The fourth-order valence-corrected chi connectivity index (χ4v) is 5.24. The van der Waals surface area contributed by atoms with Crippen LogP contribution in [0.5, 0.6) is 5.75 Å². The van der Waals surface area contributed by atoms with Crippen LogP contribution in [0.2, 0.25) is 5.02 Å². The number of halogens is 1. The number of rotatable bonds is 9. The number of hydrogen-bond donors (Lipinski definition) is 3. The maximum Gasteiger partial charge on any atom is 0.252 e. The van der Waals surface area contributed by atoms with Crippen LogP contribution in [0.3, 0.4) is 0 Å². The molecule has 0 spiro atoms. The Balaban J connectivity index is 1.20. The molecule has 0 saturated carbocycles. The van der Waals surface area contributed by atoms with Crippen LogP contribution in [0.4, 0.5) is 5.95 Å². The first-order chi connectivity index (χ1) is 16.9. The first-order valence-electron chi connectivity index (χ1n) is 12.5. The Morgan fingerprint density at radius 1 is 1.23 bits per heavy atom. The number of ether oxygens (including phenoxy) is 1. The third kappa shape index (κ3) is 6.84. The van der Waals surface area contributed by atoms with Gasteiger partial charge in [0.05, 0.1) is 30.6 Å². The molecule has 2 aromatic rings. The third-order valence-electron chi connectivity index (χ3n) is 7.04. The van der Waals surface area contributed by atoms with Gasteiger partial charge in [-0.1, -0.05) is 11.6 Å². The molecule has 4 rings (SSSR count). The Kier molecular flexibility index (Phi) is 8.81. The maximum atomic E-state index is 12.9. The molecule has 2 aliphatic heterocycles. The third-order valence-corrected chi connectivity index (χ3v) is 7.24. The van der Waals surface area contributed by atoms with Crippen LogP contribution in [0.25, 0.3) is 0 Å². The molecule has 3 heterocycles. The van der Waals surface area contributed by atoms with Crippen molar-refractivity contribution >= 4 is 23.5 Å². The lowest BCUT2D eigenvalue weighted by atomic mass is 9.92. The van der Waals surface area contributed by atoms with Crippen molar-refractivity contribution in [2.45, 2.75) is 58.0 Å². The van der Waals surface area contributed by atoms with E-state index in [1.165, 1.54) is 0 Å². The van der Waals surface area contributed by atoms with E-state index in [-0.39, 0.29) is 24.6 Å². The molecule has 0 aliphatic carbocycles. The van der Waals surface area contributed by atoms with Gasteiger partial charge < -0.3 is 25.4 Å². The normalized spacial score (nSPS) is 20.7. The molecule has 35 heavy (non-hydrogen) atoms. The van der Waals surface area contributed by atoms with Gasteiger partial charge in [-0.05, 0) is 75.1 Å². The second-order valence-corrected chi connectivity index (χ2v) is 10.2. The zero-order valence-corrected chi connectivity index (χ0v) is 21.4. The number of hydrogen-bond acceptors (Lipinski definition) is 7. The molecule has 2 unspecified atom stereocenters. The first-order valence-corrected chi connectivity index (χ1v) is 12.9. The highest BCUT2D eigenvalue weighted by atomic mass is 35.5. The van der Waals surface area contributed by atoms with Gasteiger partial charge in [0.25, 0.3) is 5.91 Å². The summed E-state index contributed by atoms with van der Waals surface area (Å²) in [7, 11) is 0. The van der Waals surface area contributed by atoms with E-state index in [1.807, 2.05) is 26.0 Å². The van der Waals surface area contributed by atoms with Crippen molar-refractivity contribution in [3.63, 3.8) is 0 Å². The number of anilines is 1. The maximum absolute atomic E-state index is 12.9. The number of carbonyl (C=O) groups excluding carboxylic acids is 1. The van der Waals surface area contributed by atoms with Crippen LogP contribution >= 0.6 is 11.6 Å². The van der Waals surface area contributed by atoms with Crippen molar-refractivity contribution in [3.8, 4) is 5.75 Å². The lowest BCUT2D eigenvalue weighted by Crippen LogP contribution is -2.36. The van der Waals surface area contributed by atoms with Crippen LogP contribution < -0.4 is 20.3 Å². The summed E-state index contributed by atoms with van der Waals surface area (Å²) in [6, 6.07) is 4.01. The van der Waals surface area contributed by atoms with Gasteiger partial charge in [0.15, 0.2) is 0 Å². The van der Waals surface area contributed by atoms with Crippen molar-refractivity contribution in [2.75, 3.05) is 37.7 Å². The van der Waals surface area contributed by atoms with Crippen molar-refractivity contribution in [1.29, 1.82) is 0 Å². The van der Waals surface area contributed by atoms with Crippen molar-refractivity contribution in [1.82, 2.24) is 20.6 Å². The number of carbonyl (C=O) groups is 1. The molecule has 2 aliphatic rings. The smallest absolute Gasteiger partial charge is 0.252 e. The number of benzene rings is 1.